The van der Waals surface area contributed by atoms with E-state index in [4.69, 9.17) is 0 Å². The number of hydrogen-bond acceptors (Lipinski definition) is 1. The summed E-state index contributed by atoms with van der Waals surface area (Å²) in [5.41, 5.74) is 0. The number of hydrogen-bond donors (Lipinski definition) is 1. The van der Waals surface area contributed by atoms with Crippen LogP contribution in [-0.2, 0) is 0 Å². The Hall–Kier alpha value is -0.0400. The van der Waals surface area contributed by atoms with Crippen molar-refractivity contribution in [1.82, 2.24) is 5.32 Å². The van der Waals surface area contributed by atoms with Crippen molar-refractivity contribution in [3.63, 3.8) is 0 Å². The van der Waals surface area contributed by atoms with Crippen LogP contribution < -0.4 is 5.32 Å². The molecule has 16 heavy (non-hydrogen) atoms. The van der Waals surface area contributed by atoms with Crippen LogP contribution in [0.3, 0.4) is 0 Å². The largest absolute Gasteiger partial charge is 0.311 e. The molecule has 1 nitrogen and oxygen atoms in total. The highest BCUT2D eigenvalue weighted by atomic mass is 15.0. The molecule has 0 heterocycles. The highest BCUT2D eigenvalue weighted by molar-refractivity contribution is 4.86. The molecule has 1 heteroatoms. The molecule has 4 atom stereocenters. The van der Waals surface area contributed by atoms with Crippen LogP contribution in [0.5, 0.6) is 0 Å². The zero-order valence-corrected chi connectivity index (χ0v) is 11.3. The van der Waals surface area contributed by atoms with Crippen molar-refractivity contribution in [1.29, 1.82) is 0 Å². The zero-order valence-electron chi connectivity index (χ0n) is 11.3. The Morgan fingerprint density at radius 2 is 1.62 bits per heavy atom. The second kappa shape index (κ2) is 5.53. The molecule has 0 radical (unpaired) electrons. The van der Waals surface area contributed by atoms with E-state index >= 15 is 0 Å². The molecule has 2 aliphatic carbocycles. The zero-order chi connectivity index (χ0) is 11.5. The fraction of sp³-hybridized carbons (Fsp3) is 1.00. The third kappa shape index (κ3) is 2.80. The molecule has 0 aromatic rings. The van der Waals surface area contributed by atoms with E-state index in [0.717, 1.165) is 29.8 Å². The van der Waals surface area contributed by atoms with Gasteiger partial charge in [0.1, 0.15) is 0 Å². The Bertz CT molecular complexity index is 207. The van der Waals surface area contributed by atoms with E-state index in [1.807, 2.05) is 0 Å². The Kier molecular flexibility index (Phi) is 4.29. The van der Waals surface area contributed by atoms with Crippen LogP contribution >= 0.6 is 0 Å². The lowest BCUT2D eigenvalue weighted by Crippen LogP contribution is -2.46. The smallest absolute Gasteiger partial charge is 0.00978 e. The molecule has 0 bridgehead atoms. The second-order valence-electron chi connectivity index (χ2n) is 6.37. The average Bonchev–Trinajstić information content (AvgIpc) is 2.78. The van der Waals surface area contributed by atoms with Gasteiger partial charge in [0.25, 0.3) is 0 Å². The van der Waals surface area contributed by atoms with Gasteiger partial charge in [-0.05, 0) is 43.9 Å². The maximum absolute atomic E-state index is 3.94. The van der Waals surface area contributed by atoms with E-state index in [9.17, 15) is 0 Å². The van der Waals surface area contributed by atoms with Gasteiger partial charge >= 0.3 is 0 Å². The van der Waals surface area contributed by atoms with Gasteiger partial charge in [-0.2, -0.15) is 0 Å². The Balaban J connectivity index is 1.83. The molecule has 0 aliphatic heterocycles. The molecule has 2 rings (SSSR count). The van der Waals surface area contributed by atoms with Crippen LogP contribution in [0.25, 0.3) is 0 Å². The van der Waals surface area contributed by atoms with Crippen LogP contribution in [0.2, 0.25) is 0 Å². The first-order valence-corrected chi connectivity index (χ1v) is 7.44. The van der Waals surface area contributed by atoms with Crippen molar-refractivity contribution in [3.8, 4) is 0 Å². The minimum absolute atomic E-state index is 0.750. The highest BCUT2D eigenvalue weighted by Crippen LogP contribution is 2.32. The van der Waals surface area contributed by atoms with Crippen molar-refractivity contribution < 1.29 is 0 Å². The minimum Gasteiger partial charge on any atom is -0.311 e. The van der Waals surface area contributed by atoms with Gasteiger partial charge in [-0.1, -0.05) is 39.5 Å². The molecular formula is C15H29N. The van der Waals surface area contributed by atoms with Crippen molar-refractivity contribution >= 4 is 0 Å². The van der Waals surface area contributed by atoms with Crippen molar-refractivity contribution in [2.24, 2.45) is 17.8 Å². The second-order valence-corrected chi connectivity index (χ2v) is 6.37. The molecule has 0 amide bonds. The Morgan fingerprint density at radius 3 is 2.31 bits per heavy atom. The summed E-state index contributed by atoms with van der Waals surface area (Å²) in [5.74, 6) is 2.75. The standard InChI is InChI=1S/C15H29N/c1-11-7-6-10-15(12(11)2)16-13(3)14-8-4-5-9-14/h11-16H,4-10H2,1-3H3. The van der Waals surface area contributed by atoms with Crippen molar-refractivity contribution in [2.75, 3.05) is 0 Å². The maximum Gasteiger partial charge on any atom is 0.00978 e. The van der Waals surface area contributed by atoms with Crippen LogP contribution in [0.1, 0.15) is 65.7 Å². The topological polar surface area (TPSA) is 12.0 Å². The predicted octanol–water partition coefficient (Wildman–Crippen LogP) is 3.98. The Morgan fingerprint density at radius 1 is 0.938 bits per heavy atom. The van der Waals surface area contributed by atoms with E-state index in [1.165, 1.54) is 44.9 Å². The lowest BCUT2D eigenvalue weighted by Gasteiger charge is -2.37. The molecular weight excluding hydrogens is 194 g/mol. The fourth-order valence-electron chi connectivity index (χ4n) is 3.75. The summed E-state index contributed by atoms with van der Waals surface area (Å²) in [7, 11) is 0. The van der Waals surface area contributed by atoms with E-state index in [2.05, 4.69) is 26.1 Å². The normalized spacial score (nSPS) is 38.8. The van der Waals surface area contributed by atoms with Gasteiger partial charge < -0.3 is 5.32 Å². The van der Waals surface area contributed by atoms with Gasteiger partial charge in [0.15, 0.2) is 0 Å². The van der Waals surface area contributed by atoms with E-state index < -0.39 is 0 Å². The van der Waals surface area contributed by atoms with E-state index in [0.29, 0.717) is 0 Å². The molecule has 2 saturated carbocycles. The molecule has 0 spiro atoms. The summed E-state index contributed by atoms with van der Waals surface area (Å²) in [6.07, 6.45) is 10.1. The maximum atomic E-state index is 3.94. The van der Waals surface area contributed by atoms with Crippen LogP contribution in [0.4, 0.5) is 0 Å². The molecule has 2 aliphatic rings. The monoisotopic (exact) mass is 223 g/mol. The summed E-state index contributed by atoms with van der Waals surface area (Å²) in [5, 5.41) is 3.94. The van der Waals surface area contributed by atoms with Crippen LogP contribution in [0, 0.1) is 17.8 Å². The summed E-state index contributed by atoms with van der Waals surface area (Å²) in [4.78, 5) is 0. The van der Waals surface area contributed by atoms with Crippen molar-refractivity contribution in [3.05, 3.63) is 0 Å². The van der Waals surface area contributed by atoms with Gasteiger partial charge in [0.05, 0.1) is 0 Å². The van der Waals surface area contributed by atoms with Crippen LogP contribution in [0.15, 0.2) is 0 Å². The first-order valence-electron chi connectivity index (χ1n) is 7.44. The minimum atomic E-state index is 0.750. The first-order chi connectivity index (χ1) is 7.68. The van der Waals surface area contributed by atoms with Gasteiger partial charge in [-0.25, -0.2) is 0 Å². The SMILES string of the molecule is CC1CCCC(NC(C)C2CCCC2)C1C. The highest BCUT2D eigenvalue weighted by Gasteiger charge is 2.30. The third-order valence-electron chi connectivity index (χ3n) is 5.29. The lowest BCUT2D eigenvalue weighted by atomic mass is 9.77. The van der Waals surface area contributed by atoms with E-state index in [-0.39, 0.29) is 0 Å². The van der Waals surface area contributed by atoms with Gasteiger partial charge in [-0.15, -0.1) is 0 Å². The molecule has 1 N–H and O–H groups in total. The molecule has 0 saturated heterocycles. The Labute approximate surface area is 101 Å². The quantitative estimate of drug-likeness (QED) is 0.763. The fourth-order valence-corrected chi connectivity index (χ4v) is 3.75. The summed E-state index contributed by atoms with van der Waals surface area (Å²) in [6.45, 7) is 7.30. The summed E-state index contributed by atoms with van der Waals surface area (Å²) < 4.78 is 0. The molecule has 2 fully saturated rings. The lowest BCUT2D eigenvalue weighted by molar-refractivity contribution is 0.182. The first kappa shape index (κ1) is 12.4. The van der Waals surface area contributed by atoms with Gasteiger partial charge in [0.2, 0.25) is 0 Å². The van der Waals surface area contributed by atoms with Gasteiger partial charge in [-0.3, -0.25) is 0 Å². The van der Waals surface area contributed by atoms with Crippen molar-refractivity contribution in [2.45, 2.75) is 77.8 Å². The predicted molar refractivity (Wildman–Crippen MR) is 70.5 cm³/mol. The van der Waals surface area contributed by atoms with Crippen LogP contribution in [-0.4, -0.2) is 12.1 Å². The molecule has 0 aromatic carbocycles. The average molecular weight is 223 g/mol. The number of rotatable bonds is 3. The third-order valence-corrected chi connectivity index (χ3v) is 5.29. The molecule has 0 aromatic heterocycles. The number of nitrogens with one attached hydrogen (secondary N) is 1. The molecule has 4 unspecified atom stereocenters. The summed E-state index contributed by atoms with van der Waals surface area (Å²) in [6, 6.07) is 1.54. The van der Waals surface area contributed by atoms with Gasteiger partial charge in [0, 0.05) is 12.1 Å². The van der Waals surface area contributed by atoms with E-state index in [1.54, 1.807) is 0 Å². The summed E-state index contributed by atoms with van der Waals surface area (Å²) >= 11 is 0. The molecule has 94 valence electrons.